The fraction of sp³-hybridized carbons (Fsp3) is 0.333. The van der Waals surface area contributed by atoms with Crippen LogP contribution in [-0.2, 0) is 6.54 Å². The zero-order valence-electron chi connectivity index (χ0n) is 11.2. The Labute approximate surface area is 123 Å². The van der Waals surface area contributed by atoms with Crippen LogP contribution in [-0.4, -0.2) is 18.0 Å². The molecular formula is C15H19ClN2S. The van der Waals surface area contributed by atoms with Crippen molar-refractivity contribution in [2.75, 3.05) is 7.05 Å². The summed E-state index contributed by atoms with van der Waals surface area (Å²) in [4.78, 5) is 2.29. The predicted molar refractivity (Wildman–Crippen MR) is 83.6 cm³/mol. The minimum atomic E-state index is 0.0897. The molecule has 0 fully saturated rings. The SMILES string of the molecule is CC(N)C(c1ccsc1)N(C)Cc1ccc(Cl)cc1. The summed E-state index contributed by atoms with van der Waals surface area (Å²) in [5.41, 5.74) is 8.68. The van der Waals surface area contributed by atoms with Gasteiger partial charge in [-0.3, -0.25) is 4.90 Å². The molecule has 0 saturated heterocycles. The molecule has 2 rings (SSSR count). The fourth-order valence-corrected chi connectivity index (χ4v) is 3.19. The van der Waals surface area contributed by atoms with Crippen molar-refractivity contribution in [2.45, 2.75) is 25.6 Å². The van der Waals surface area contributed by atoms with E-state index < -0.39 is 0 Å². The number of likely N-dealkylation sites (N-methyl/N-ethyl adjacent to an activating group) is 1. The van der Waals surface area contributed by atoms with Crippen LogP contribution in [0.25, 0.3) is 0 Å². The summed E-state index contributed by atoms with van der Waals surface area (Å²) in [7, 11) is 2.11. The molecule has 0 aliphatic carbocycles. The van der Waals surface area contributed by atoms with Crippen LogP contribution in [0.3, 0.4) is 0 Å². The van der Waals surface area contributed by atoms with Gasteiger partial charge in [-0.05, 0) is 54.1 Å². The van der Waals surface area contributed by atoms with E-state index in [2.05, 4.69) is 47.8 Å². The number of rotatable bonds is 5. The Bertz CT molecular complexity index is 493. The molecule has 19 heavy (non-hydrogen) atoms. The van der Waals surface area contributed by atoms with Gasteiger partial charge in [-0.25, -0.2) is 0 Å². The highest BCUT2D eigenvalue weighted by atomic mass is 35.5. The maximum Gasteiger partial charge on any atom is 0.0505 e. The number of halogens is 1. The van der Waals surface area contributed by atoms with Gasteiger partial charge in [-0.2, -0.15) is 11.3 Å². The van der Waals surface area contributed by atoms with Gasteiger partial charge in [0.15, 0.2) is 0 Å². The van der Waals surface area contributed by atoms with Gasteiger partial charge in [0.05, 0.1) is 6.04 Å². The van der Waals surface area contributed by atoms with E-state index in [1.807, 2.05) is 12.1 Å². The van der Waals surface area contributed by atoms with E-state index in [4.69, 9.17) is 17.3 Å². The molecule has 0 spiro atoms. The summed E-state index contributed by atoms with van der Waals surface area (Å²) in [5, 5.41) is 5.04. The van der Waals surface area contributed by atoms with Crippen molar-refractivity contribution in [3.05, 3.63) is 57.2 Å². The highest BCUT2D eigenvalue weighted by molar-refractivity contribution is 7.07. The minimum absolute atomic E-state index is 0.0897. The molecule has 0 bridgehead atoms. The lowest BCUT2D eigenvalue weighted by atomic mass is 10.0. The molecule has 0 amide bonds. The number of nitrogens with zero attached hydrogens (tertiary/aromatic N) is 1. The topological polar surface area (TPSA) is 29.3 Å². The third kappa shape index (κ3) is 3.80. The van der Waals surface area contributed by atoms with Crippen molar-refractivity contribution in [2.24, 2.45) is 5.73 Å². The molecule has 1 aromatic carbocycles. The number of hydrogen-bond donors (Lipinski definition) is 1. The highest BCUT2D eigenvalue weighted by Gasteiger charge is 2.21. The molecule has 1 heterocycles. The molecule has 2 atom stereocenters. The van der Waals surface area contributed by atoms with Gasteiger partial charge in [0.25, 0.3) is 0 Å². The predicted octanol–water partition coefficient (Wildman–Crippen LogP) is 3.92. The van der Waals surface area contributed by atoms with Gasteiger partial charge in [-0.15, -0.1) is 0 Å². The summed E-state index contributed by atoms with van der Waals surface area (Å²) < 4.78 is 0. The van der Waals surface area contributed by atoms with E-state index in [1.54, 1.807) is 11.3 Å². The zero-order valence-corrected chi connectivity index (χ0v) is 12.8. The quantitative estimate of drug-likeness (QED) is 0.905. The Morgan fingerprint density at radius 2 is 1.95 bits per heavy atom. The van der Waals surface area contributed by atoms with Crippen LogP contribution in [0.1, 0.15) is 24.1 Å². The molecule has 4 heteroatoms. The third-order valence-electron chi connectivity index (χ3n) is 3.20. The number of benzene rings is 1. The van der Waals surface area contributed by atoms with Crippen molar-refractivity contribution in [1.29, 1.82) is 0 Å². The van der Waals surface area contributed by atoms with Gasteiger partial charge >= 0.3 is 0 Å². The Kier molecular flexibility index (Phi) is 4.99. The lowest BCUT2D eigenvalue weighted by Crippen LogP contribution is -2.36. The maximum absolute atomic E-state index is 6.15. The van der Waals surface area contributed by atoms with Crippen molar-refractivity contribution in [3.8, 4) is 0 Å². The first-order valence-corrected chi connectivity index (χ1v) is 7.62. The van der Waals surface area contributed by atoms with E-state index >= 15 is 0 Å². The van der Waals surface area contributed by atoms with Crippen LogP contribution in [0.4, 0.5) is 0 Å². The third-order valence-corrected chi connectivity index (χ3v) is 4.16. The molecule has 102 valence electrons. The van der Waals surface area contributed by atoms with Gasteiger partial charge in [0.2, 0.25) is 0 Å². The molecule has 0 radical (unpaired) electrons. The Hall–Kier alpha value is -0.870. The summed E-state index contributed by atoms with van der Waals surface area (Å²) in [5.74, 6) is 0. The number of thiophene rings is 1. The molecule has 2 aromatic rings. The van der Waals surface area contributed by atoms with Crippen LogP contribution in [0.2, 0.25) is 5.02 Å². The van der Waals surface area contributed by atoms with E-state index in [0.29, 0.717) is 0 Å². The molecule has 2 unspecified atom stereocenters. The second kappa shape index (κ2) is 6.53. The first kappa shape index (κ1) is 14.5. The Balaban J connectivity index is 2.12. The van der Waals surface area contributed by atoms with Gasteiger partial charge in [-0.1, -0.05) is 23.7 Å². The largest absolute Gasteiger partial charge is 0.326 e. The van der Waals surface area contributed by atoms with E-state index in [0.717, 1.165) is 11.6 Å². The highest BCUT2D eigenvalue weighted by Crippen LogP contribution is 2.26. The average molecular weight is 295 g/mol. The Morgan fingerprint density at radius 1 is 1.26 bits per heavy atom. The van der Waals surface area contributed by atoms with Crippen LogP contribution < -0.4 is 5.73 Å². The van der Waals surface area contributed by atoms with E-state index in [-0.39, 0.29) is 12.1 Å². The summed E-state index contributed by atoms with van der Waals surface area (Å²) in [6, 6.07) is 10.5. The van der Waals surface area contributed by atoms with Crippen molar-refractivity contribution in [3.63, 3.8) is 0 Å². The first-order chi connectivity index (χ1) is 9.08. The first-order valence-electron chi connectivity index (χ1n) is 6.30. The normalized spacial score (nSPS) is 14.6. The van der Waals surface area contributed by atoms with Crippen LogP contribution >= 0.6 is 22.9 Å². The van der Waals surface area contributed by atoms with Gasteiger partial charge in [0, 0.05) is 17.6 Å². The average Bonchev–Trinajstić information content (AvgIpc) is 2.85. The Morgan fingerprint density at radius 3 is 2.47 bits per heavy atom. The molecule has 1 aromatic heterocycles. The molecule has 0 aliphatic rings. The van der Waals surface area contributed by atoms with Gasteiger partial charge in [0.1, 0.15) is 0 Å². The van der Waals surface area contributed by atoms with E-state index in [1.165, 1.54) is 11.1 Å². The second-order valence-electron chi connectivity index (χ2n) is 4.90. The lowest BCUT2D eigenvalue weighted by molar-refractivity contribution is 0.211. The summed E-state index contributed by atoms with van der Waals surface area (Å²) >= 11 is 7.62. The molecule has 0 saturated carbocycles. The smallest absolute Gasteiger partial charge is 0.0505 e. The van der Waals surface area contributed by atoms with Crippen LogP contribution in [0, 0.1) is 0 Å². The number of nitrogens with two attached hydrogens (primary N) is 1. The monoisotopic (exact) mass is 294 g/mol. The minimum Gasteiger partial charge on any atom is -0.326 e. The van der Waals surface area contributed by atoms with Crippen molar-refractivity contribution >= 4 is 22.9 Å². The van der Waals surface area contributed by atoms with Crippen LogP contribution in [0.15, 0.2) is 41.1 Å². The zero-order chi connectivity index (χ0) is 13.8. The van der Waals surface area contributed by atoms with Crippen LogP contribution in [0.5, 0.6) is 0 Å². The molecular weight excluding hydrogens is 276 g/mol. The van der Waals surface area contributed by atoms with Gasteiger partial charge < -0.3 is 5.73 Å². The fourth-order valence-electron chi connectivity index (χ4n) is 2.38. The molecule has 0 aliphatic heterocycles. The number of hydrogen-bond acceptors (Lipinski definition) is 3. The summed E-state index contributed by atoms with van der Waals surface area (Å²) in [6.07, 6.45) is 0. The summed E-state index contributed by atoms with van der Waals surface area (Å²) in [6.45, 7) is 2.92. The van der Waals surface area contributed by atoms with Crippen molar-refractivity contribution < 1.29 is 0 Å². The standard InChI is InChI=1S/C15H19ClN2S/c1-11(17)15(13-7-8-19-10-13)18(2)9-12-3-5-14(16)6-4-12/h3-8,10-11,15H,9,17H2,1-2H3. The maximum atomic E-state index is 6.15. The van der Waals surface area contributed by atoms with Crippen molar-refractivity contribution in [1.82, 2.24) is 4.90 Å². The van der Waals surface area contributed by atoms with E-state index in [9.17, 15) is 0 Å². The second-order valence-corrected chi connectivity index (χ2v) is 6.12. The lowest BCUT2D eigenvalue weighted by Gasteiger charge is -2.30. The molecule has 2 nitrogen and oxygen atoms in total. The molecule has 2 N–H and O–H groups in total.